The monoisotopic (exact) mass is 289 g/mol. The zero-order chi connectivity index (χ0) is 14.9. The van der Waals surface area contributed by atoms with Gasteiger partial charge in [-0.3, -0.25) is 0 Å². The number of rotatable bonds is 3. The number of nitrogen functional groups attached to an aromatic ring is 1. The first kappa shape index (κ1) is 14.6. The lowest BCUT2D eigenvalue weighted by Crippen LogP contribution is -2.08. The van der Waals surface area contributed by atoms with Crippen molar-refractivity contribution < 1.29 is 8.42 Å². The maximum atomic E-state index is 12.5. The third-order valence-electron chi connectivity index (χ3n) is 3.41. The Balaban J connectivity index is 2.41. The van der Waals surface area contributed by atoms with Crippen molar-refractivity contribution in [3.63, 3.8) is 0 Å². The minimum Gasteiger partial charge on any atom is -0.399 e. The molecule has 106 valence electrons. The van der Waals surface area contributed by atoms with Gasteiger partial charge in [0, 0.05) is 5.69 Å². The Morgan fingerprint density at radius 1 is 0.950 bits per heavy atom. The predicted molar refractivity (Wildman–Crippen MR) is 82.4 cm³/mol. The summed E-state index contributed by atoms with van der Waals surface area (Å²) in [5.41, 5.74) is 10.2. The summed E-state index contributed by atoms with van der Waals surface area (Å²) in [6, 6.07) is 10.4. The van der Waals surface area contributed by atoms with Crippen LogP contribution in [0, 0.1) is 20.8 Å². The van der Waals surface area contributed by atoms with E-state index in [0.29, 0.717) is 10.6 Å². The lowest BCUT2D eigenvalue weighted by molar-refractivity contribution is 0.595. The van der Waals surface area contributed by atoms with Crippen LogP contribution in [0.5, 0.6) is 0 Å². The molecule has 0 aromatic heterocycles. The molecule has 2 aromatic rings. The number of hydrogen-bond donors (Lipinski definition) is 1. The van der Waals surface area contributed by atoms with E-state index in [1.165, 1.54) is 0 Å². The maximum Gasteiger partial charge on any atom is 0.182 e. The Hall–Kier alpha value is -1.81. The summed E-state index contributed by atoms with van der Waals surface area (Å²) in [6.07, 6.45) is 0. The zero-order valence-corrected chi connectivity index (χ0v) is 12.8. The summed E-state index contributed by atoms with van der Waals surface area (Å²) in [7, 11) is -3.34. The van der Waals surface area contributed by atoms with Gasteiger partial charge in [-0.25, -0.2) is 8.42 Å². The molecule has 0 spiro atoms. The van der Waals surface area contributed by atoms with Gasteiger partial charge in [-0.05, 0) is 61.7 Å². The molecule has 20 heavy (non-hydrogen) atoms. The molecular weight excluding hydrogens is 270 g/mol. The average Bonchev–Trinajstić information content (AvgIpc) is 2.34. The van der Waals surface area contributed by atoms with Gasteiger partial charge in [-0.15, -0.1) is 0 Å². The van der Waals surface area contributed by atoms with Crippen LogP contribution < -0.4 is 5.73 Å². The molecule has 0 atom stereocenters. The van der Waals surface area contributed by atoms with Crippen molar-refractivity contribution in [2.45, 2.75) is 31.4 Å². The second-order valence-electron chi connectivity index (χ2n) is 5.21. The van der Waals surface area contributed by atoms with Crippen molar-refractivity contribution in [1.82, 2.24) is 0 Å². The van der Waals surface area contributed by atoms with Crippen LogP contribution in [-0.4, -0.2) is 8.42 Å². The first-order chi connectivity index (χ1) is 9.29. The molecule has 0 radical (unpaired) electrons. The molecule has 2 rings (SSSR count). The van der Waals surface area contributed by atoms with Crippen LogP contribution >= 0.6 is 0 Å². The lowest BCUT2D eigenvalue weighted by atomic mass is 10.0. The van der Waals surface area contributed by atoms with Gasteiger partial charge in [0.25, 0.3) is 0 Å². The molecule has 0 saturated carbocycles. The van der Waals surface area contributed by atoms with E-state index in [0.717, 1.165) is 22.3 Å². The van der Waals surface area contributed by atoms with Crippen LogP contribution in [0.2, 0.25) is 0 Å². The molecule has 4 heteroatoms. The van der Waals surface area contributed by atoms with Crippen LogP contribution in [0.1, 0.15) is 22.3 Å². The van der Waals surface area contributed by atoms with E-state index >= 15 is 0 Å². The second kappa shape index (κ2) is 5.29. The summed E-state index contributed by atoms with van der Waals surface area (Å²) >= 11 is 0. The highest BCUT2D eigenvalue weighted by Gasteiger charge is 2.18. The van der Waals surface area contributed by atoms with E-state index in [1.807, 2.05) is 32.9 Å². The Morgan fingerprint density at radius 3 is 1.95 bits per heavy atom. The van der Waals surface area contributed by atoms with E-state index in [1.54, 1.807) is 24.3 Å². The number of hydrogen-bond acceptors (Lipinski definition) is 3. The Morgan fingerprint density at radius 2 is 1.45 bits per heavy atom. The van der Waals surface area contributed by atoms with E-state index in [2.05, 4.69) is 0 Å². The SMILES string of the molecule is Cc1cc(C)c(CS(=O)(=O)c2ccc(N)cc2)c(C)c1. The first-order valence-corrected chi connectivity index (χ1v) is 8.10. The largest absolute Gasteiger partial charge is 0.399 e. The highest BCUT2D eigenvalue weighted by atomic mass is 32.2. The fourth-order valence-electron chi connectivity index (χ4n) is 2.39. The zero-order valence-electron chi connectivity index (χ0n) is 12.0. The number of sulfone groups is 1. The smallest absolute Gasteiger partial charge is 0.182 e. The van der Waals surface area contributed by atoms with E-state index in [-0.39, 0.29) is 5.75 Å². The van der Waals surface area contributed by atoms with E-state index in [9.17, 15) is 8.42 Å². The molecule has 2 N–H and O–H groups in total. The number of anilines is 1. The fraction of sp³-hybridized carbons (Fsp3) is 0.250. The summed E-state index contributed by atoms with van der Waals surface area (Å²) < 4.78 is 24.9. The number of nitrogens with two attached hydrogens (primary N) is 1. The second-order valence-corrected chi connectivity index (χ2v) is 7.19. The highest BCUT2D eigenvalue weighted by Crippen LogP contribution is 2.23. The molecule has 0 fully saturated rings. The molecular formula is C16H19NO2S. The van der Waals surface area contributed by atoms with Crippen molar-refractivity contribution in [3.8, 4) is 0 Å². The van der Waals surface area contributed by atoms with Gasteiger partial charge in [0.1, 0.15) is 0 Å². The minimum absolute atomic E-state index is 0.0227. The summed E-state index contributed by atoms with van der Waals surface area (Å²) in [4.78, 5) is 0.311. The average molecular weight is 289 g/mol. The van der Waals surface area contributed by atoms with Gasteiger partial charge in [0.2, 0.25) is 0 Å². The Bertz CT molecular complexity index is 709. The van der Waals surface area contributed by atoms with Crippen LogP contribution in [0.25, 0.3) is 0 Å². The van der Waals surface area contributed by atoms with Crippen LogP contribution in [-0.2, 0) is 15.6 Å². The molecule has 0 heterocycles. The molecule has 0 aliphatic heterocycles. The van der Waals surface area contributed by atoms with Crippen molar-refractivity contribution in [1.29, 1.82) is 0 Å². The van der Waals surface area contributed by atoms with Crippen molar-refractivity contribution in [2.75, 3.05) is 5.73 Å². The van der Waals surface area contributed by atoms with Gasteiger partial charge in [0.05, 0.1) is 10.6 Å². The third-order valence-corrected chi connectivity index (χ3v) is 5.07. The molecule has 2 aromatic carbocycles. The van der Waals surface area contributed by atoms with Crippen LogP contribution in [0.3, 0.4) is 0 Å². The molecule has 0 amide bonds. The first-order valence-electron chi connectivity index (χ1n) is 6.44. The molecule has 0 saturated heterocycles. The van der Waals surface area contributed by atoms with Crippen molar-refractivity contribution >= 4 is 15.5 Å². The standard InChI is InChI=1S/C16H19NO2S/c1-11-8-12(2)16(13(3)9-11)10-20(18,19)15-6-4-14(17)5-7-15/h4-9H,10,17H2,1-3H3. The minimum atomic E-state index is -3.34. The highest BCUT2D eigenvalue weighted by molar-refractivity contribution is 7.90. The molecule has 0 aliphatic rings. The normalized spacial score (nSPS) is 11.6. The summed E-state index contributed by atoms with van der Waals surface area (Å²) in [6.45, 7) is 5.92. The van der Waals surface area contributed by atoms with E-state index in [4.69, 9.17) is 5.73 Å². The van der Waals surface area contributed by atoms with Crippen molar-refractivity contribution in [2.24, 2.45) is 0 Å². The number of aryl methyl sites for hydroxylation is 3. The lowest BCUT2D eigenvalue weighted by Gasteiger charge is -2.12. The quantitative estimate of drug-likeness (QED) is 0.883. The van der Waals surface area contributed by atoms with Gasteiger partial charge < -0.3 is 5.73 Å². The van der Waals surface area contributed by atoms with Crippen molar-refractivity contribution in [3.05, 3.63) is 58.7 Å². The third kappa shape index (κ3) is 3.02. The predicted octanol–water partition coefficient (Wildman–Crippen LogP) is 3.17. The van der Waals surface area contributed by atoms with Crippen LogP contribution in [0.15, 0.2) is 41.3 Å². The molecule has 0 bridgehead atoms. The topological polar surface area (TPSA) is 60.2 Å². The van der Waals surface area contributed by atoms with Gasteiger partial charge >= 0.3 is 0 Å². The maximum absolute atomic E-state index is 12.5. The van der Waals surface area contributed by atoms with Gasteiger partial charge in [0.15, 0.2) is 9.84 Å². The molecule has 0 aliphatic carbocycles. The summed E-state index contributed by atoms with van der Waals surface area (Å²) in [5, 5.41) is 0. The molecule has 0 unspecified atom stereocenters. The van der Waals surface area contributed by atoms with Gasteiger partial charge in [-0.1, -0.05) is 17.7 Å². The Kier molecular flexibility index (Phi) is 3.86. The summed E-state index contributed by atoms with van der Waals surface area (Å²) in [5.74, 6) is 0.0227. The fourth-order valence-corrected chi connectivity index (χ4v) is 3.94. The van der Waals surface area contributed by atoms with Gasteiger partial charge in [-0.2, -0.15) is 0 Å². The van der Waals surface area contributed by atoms with E-state index < -0.39 is 9.84 Å². The van der Waals surface area contributed by atoms with Crippen LogP contribution in [0.4, 0.5) is 5.69 Å². The molecule has 3 nitrogen and oxygen atoms in total. The number of benzene rings is 2. The Labute approximate surface area is 120 Å².